The number of thiophene rings is 1. The highest BCUT2D eigenvalue weighted by atomic mass is 35.5. The number of rotatable bonds is 5. The first-order valence-corrected chi connectivity index (χ1v) is 8.73. The Labute approximate surface area is 138 Å². The Bertz CT molecular complexity index is 606. The molecule has 21 heavy (non-hydrogen) atoms. The van der Waals surface area contributed by atoms with Crippen molar-refractivity contribution in [2.75, 3.05) is 14.1 Å². The van der Waals surface area contributed by atoms with Gasteiger partial charge in [0.15, 0.2) is 5.96 Å². The van der Waals surface area contributed by atoms with Gasteiger partial charge in [-0.25, -0.2) is 4.98 Å². The fourth-order valence-electron chi connectivity index (χ4n) is 1.88. The first-order valence-electron chi connectivity index (χ1n) is 6.72. The highest BCUT2D eigenvalue weighted by Crippen LogP contribution is 2.22. The third kappa shape index (κ3) is 4.69. The first-order chi connectivity index (χ1) is 10.1. The van der Waals surface area contributed by atoms with E-state index in [1.54, 1.807) is 29.7 Å². The Hall–Kier alpha value is -1.11. The lowest BCUT2D eigenvalue weighted by Crippen LogP contribution is -2.37. The molecule has 0 aliphatic heterocycles. The molecule has 0 aromatic carbocycles. The molecule has 0 aliphatic rings. The Balaban J connectivity index is 1.90. The highest BCUT2D eigenvalue weighted by Gasteiger charge is 2.09. The van der Waals surface area contributed by atoms with Gasteiger partial charge in [0.25, 0.3) is 0 Å². The third-order valence-electron chi connectivity index (χ3n) is 2.94. The lowest BCUT2D eigenvalue weighted by Gasteiger charge is -2.21. The molecule has 0 unspecified atom stereocenters. The maximum atomic E-state index is 5.96. The van der Waals surface area contributed by atoms with Crippen LogP contribution in [0, 0.1) is 0 Å². The highest BCUT2D eigenvalue weighted by molar-refractivity contribution is 7.16. The molecule has 0 spiro atoms. The maximum absolute atomic E-state index is 5.96. The summed E-state index contributed by atoms with van der Waals surface area (Å²) in [6.07, 6.45) is 2.98. The van der Waals surface area contributed by atoms with Crippen molar-refractivity contribution in [2.45, 2.75) is 26.4 Å². The van der Waals surface area contributed by atoms with Crippen LogP contribution in [0.5, 0.6) is 0 Å². The average Bonchev–Trinajstić information content (AvgIpc) is 3.08. The number of hydrogen-bond acceptors (Lipinski definition) is 4. The van der Waals surface area contributed by atoms with Crippen LogP contribution in [-0.2, 0) is 19.5 Å². The molecule has 2 aromatic heterocycles. The molecule has 2 aromatic rings. The molecule has 2 rings (SSSR count). The van der Waals surface area contributed by atoms with Gasteiger partial charge in [-0.3, -0.25) is 4.99 Å². The smallest absolute Gasteiger partial charge is 0.194 e. The standard InChI is InChI=1S/C14H19ClN4S2/c1-4-10-7-17-13(21-10)8-18-14(16-2)19(3)9-11-5-6-12(15)20-11/h5-7H,4,8-9H2,1-3H3,(H,16,18). The van der Waals surface area contributed by atoms with Crippen LogP contribution in [0.25, 0.3) is 0 Å². The van der Waals surface area contributed by atoms with E-state index in [9.17, 15) is 0 Å². The summed E-state index contributed by atoms with van der Waals surface area (Å²) < 4.78 is 0.816. The molecule has 0 fully saturated rings. The second-order valence-corrected chi connectivity index (χ2v) is 7.54. The van der Waals surface area contributed by atoms with Crippen LogP contribution in [0.4, 0.5) is 0 Å². The molecule has 0 radical (unpaired) electrons. The summed E-state index contributed by atoms with van der Waals surface area (Å²) >= 11 is 9.30. The second kappa shape index (κ2) is 7.77. The molecule has 0 saturated carbocycles. The van der Waals surface area contributed by atoms with Crippen molar-refractivity contribution in [3.05, 3.63) is 37.4 Å². The molecule has 0 saturated heterocycles. The largest absolute Gasteiger partial charge is 0.350 e. The van der Waals surface area contributed by atoms with Crippen LogP contribution in [0.3, 0.4) is 0 Å². The van der Waals surface area contributed by atoms with Crippen LogP contribution in [0.2, 0.25) is 4.34 Å². The van der Waals surface area contributed by atoms with E-state index in [0.29, 0.717) is 6.54 Å². The van der Waals surface area contributed by atoms with Gasteiger partial charge in [0, 0.05) is 30.0 Å². The molecule has 1 N–H and O–H groups in total. The number of aliphatic imine (C=N–C) groups is 1. The van der Waals surface area contributed by atoms with Gasteiger partial charge in [0.2, 0.25) is 0 Å². The molecule has 4 nitrogen and oxygen atoms in total. The Morgan fingerprint density at radius 3 is 2.76 bits per heavy atom. The number of aromatic nitrogens is 1. The summed E-state index contributed by atoms with van der Waals surface area (Å²) in [4.78, 5) is 13.3. The second-order valence-electron chi connectivity index (χ2n) is 4.54. The summed E-state index contributed by atoms with van der Waals surface area (Å²) in [5.74, 6) is 0.854. The van der Waals surface area contributed by atoms with Gasteiger partial charge in [-0.2, -0.15) is 0 Å². The molecule has 0 bridgehead atoms. The minimum Gasteiger partial charge on any atom is -0.350 e. The minimum atomic E-state index is 0.701. The zero-order valence-electron chi connectivity index (χ0n) is 12.4. The van der Waals surface area contributed by atoms with E-state index in [1.807, 2.05) is 25.4 Å². The number of guanidine groups is 1. The minimum absolute atomic E-state index is 0.701. The van der Waals surface area contributed by atoms with Crippen molar-refractivity contribution < 1.29 is 0 Å². The van der Waals surface area contributed by atoms with Crippen molar-refractivity contribution in [3.8, 4) is 0 Å². The molecule has 7 heteroatoms. The fourth-order valence-corrected chi connectivity index (χ4v) is 3.82. The van der Waals surface area contributed by atoms with Gasteiger partial charge in [-0.15, -0.1) is 22.7 Å². The summed E-state index contributed by atoms with van der Waals surface area (Å²) in [6, 6.07) is 3.97. The SMILES string of the molecule is CCc1cnc(CNC(=NC)N(C)Cc2ccc(Cl)s2)s1. The molecular weight excluding hydrogens is 324 g/mol. The first kappa shape index (κ1) is 16.3. The van der Waals surface area contributed by atoms with E-state index in [1.165, 1.54) is 9.75 Å². The lowest BCUT2D eigenvalue weighted by molar-refractivity contribution is 0.481. The monoisotopic (exact) mass is 342 g/mol. The van der Waals surface area contributed by atoms with E-state index in [-0.39, 0.29) is 0 Å². The number of nitrogens with one attached hydrogen (secondary N) is 1. The molecule has 0 atom stereocenters. The van der Waals surface area contributed by atoms with E-state index >= 15 is 0 Å². The van der Waals surface area contributed by atoms with E-state index in [0.717, 1.165) is 28.3 Å². The van der Waals surface area contributed by atoms with Gasteiger partial charge in [0.1, 0.15) is 5.01 Å². The third-order valence-corrected chi connectivity index (χ3v) is 5.30. The number of nitrogens with zero attached hydrogens (tertiary/aromatic N) is 3. The summed E-state index contributed by atoms with van der Waals surface area (Å²) in [5, 5.41) is 4.43. The molecule has 0 aliphatic carbocycles. The topological polar surface area (TPSA) is 40.5 Å². The van der Waals surface area contributed by atoms with Crippen molar-refractivity contribution in [1.29, 1.82) is 0 Å². The molecular formula is C14H19ClN4S2. The molecule has 114 valence electrons. The Morgan fingerprint density at radius 1 is 1.38 bits per heavy atom. The van der Waals surface area contributed by atoms with Crippen LogP contribution < -0.4 is 5.32 Å². The van der Waals surface area contributed by atoms with Crippen LogP contribution >= 0.6 is 34.3 Å². The van der Waals surface area contributed by atoms with Crippen molar-refractivity contribution >= 4 is 40.2 Å². The number of hydrogen-bond donors (Lipinski definition) is 1. The van der Waals surface area contributed by atoms with Crippen LogP contribution in [0.1, 0.15) is 21.7 Å². The normalized spacial score (nSPS) is 11.7. The Kier molecular flexibility index (Phi) is 6.02. The van der Waals surface area contributed by atoms with E-state index in [2.05, 4.69) is 27.1 Å². The van der Waals surface area contributed by atoms with Crippen molar-refractivity contribution in [1.82, 2.24) is 15.2 Å². The maximum Gasteiger partial charge on any atom is 0.194 e. The van der Waals surface area contributed by atoms with Gasteiger partial charge in [0.05, 0.1) is 17.4 Å². The predicted octanol–water partition coefficient (Wildman–Crippen LogP) is 3.63. The average molecular weight is 343 g/mol. The van der Waals surface area contributed by atoms with Crippen molar-refractivity contribution in [2.24, 2.45) is 4.99 Å². The number of aryl methyl sites for hydroxylation is 1. The van der Waals surface area contributed by atoms with Gasteiger partial charge in [-0.05, 0) is 18.6 Å². The molecule has 0 amide bonds. The van der Waals surface area contributed by atoms with E-state index in [4.69, 9.17) is 11.6 Å². The Morgan fingerprint density at radius 2 is 2.19 bits per heavy atom. The van der Waals surface area contributed by atoms with Gasteiger partial charge in [-0.1, -0.05) is 18.5 Å². The quantitative estimate of drug-likeness (QED) is 0.666. The predicted molar refractivity (Wildman–Crippen MR) is 92.5 cm³/mol. The van der Waals surface area contributed by atoms with Crippen molar-refractivity contribution in [3.63, 3.8) is 0 Å². The van der Waals surface area contributed by atoms with E-state index < -0.39 is 0 Å². The zero-order valence-corrected chi connectivity index (χ0v) is 14.8. The summed E-state index contributed by atoms with van der Waals surface area (Å²) in [5.41, 5.74) is 0. The summed E-state index contributed by atoms with van der Waals surface area (Å²) in [7, 11) is 3.81. The van der Waals surface area contributed by atoms with Gasteiger partial charge >= 0.3 is 0 Å². The number of halogens is 1. The summed E-state index contributed by atoms with van der Waals surface area (Å²) in [6.45, 7) is 3.63. The van der Waals surface area contributed by atoms with Crippen LogP contribution in [-0.4, -0.2) is 29.9 Å². The zero-order chi connectivity index (χ0) is 15.2. The molecule has 2 heterocycles. The van der Waals surface area contributed by atoms with Crippen LogP contribution in [0.15, 0.2) is 23.3 Å². The number of thiazole rings is 1. The van der Waals surface area contributed by atoms with Gasteiger partial charge < -0.3 is 10.2 Å². The fraction of sp³-hybridized carbons (Fsp3) is 0.429. The lowest BCUT2D eigenvalue weighted by atomic mass is 10.4.